The number of hydrogen-bond donors (Lipinski definition) is 3. The van der Waals surface area contributed by atoms with E-state index in [4.69, 9.17) is 21.5 Å². The number of carbonyl (C=O) groups is 1. The summed E-state index contributed by atoms with van der Waals surface area (Å²) in [7, 11) is 0. The van der Waals surface area contributed by atoms with E-state index in [9.17, 15) is 4.79 Å². The third kappa shape index (κ3) is 4.45. The largest absolute Gasteiger partial charge is 0.491 e. The van der Waals surface area contributed by atoms with E-state index in [1.165, 1.54) is 12.3 Å². The maximum Gasteiger partial charge on any atom is 0.433 e. The highest BCUT2D eigenvalue weighted by Gasteiger charge is 2.04. The highest BCUT2D eigenvalue weighted by Crippen LogP contribution is 2.10. The Balaban J connectivity index is 2.75. The summed E-state index contributed by atoms with van der Waals surface area (Å²) in [6.45, 7) is 0.492. The second-order valence-electron chi connectivity index (χ2n) is 2.88. The van der Waals surface area contributed by atoms with Crippen molar-refractivity contribution in [3.8, 4) is 5.75 Å². The fourth-order valence-electron chi connectivity index (χ4n) is 1.01. The van der Waals surface area contributed by atoms with Crippen LogP contribution in [-0.2, 0) is 4.84 Å². The second-order valence-corrected chi connectivity index (χ2v) is 2.88. The molecule has 0 fully saturated rings. The van der Waals surface area contributed by atoms with Gasteiger partial charge in [0.25, 0.3) is 0 Å². The number of amidine groups is 1. The number of ether oxygens (including phenoxy) is 1. The van der Waals surface area contributed by atoms with Crippen molar-refractivity contribution in [3.63, 3.8) is 0 Å². The predicted octanol–water partition coefficient (Wildman–Crippen LogP) is -0.266. The van der Waals surface area contributed by atoms with E-state index in [-0.39, 0.29) is 24.7 Å². The minimum absolute atomic E-state index is 0.196. The van der Waals surface area contributed by atoms with E-state index in [0.29, 0.717) is 5.75 Å². The van der Waals surface area contributed by atoms with Crippen LogP contribution in [-0.4, -0.2) is 35.2 Å². The quantitative estimate of drug-likeness (QED) is 0.279. The van der Waals surface area contributed by atoms with Gasteiger partial charge < -0.3 is 20.4 Å². The predicted molar refractivity (Wildman–Crippen MR) is 58.6 cm³/mol. The Bertz CT molecular complexity index is 421. The molecule has 1 amide bonds. The van der Waals surface area contributed by atoms with Crippen LogP contribution in [0.15, 0.2) is 23.3 Å². The first-order chi connectivity index (χ1) is 8.13. The molecule has 0 aliphatic rings. The highest BCUT2D eigenvalue weighted by atomic mass is 16.6. The van der Waals surface area contributed by atoms with E-state index in [1.54, 1.807) is 6.07 Å². The molecule has 1 heterocycles. The summed E-state index contributed by atoms with van der Waals surface area (Å²) in [4.78, 5) is 21.6. The van der Waals surface area contributed by atoms with Crippen molar-refractivity contribution in [3.05, 3.63) is 24.0 Å². The maximum atomic E-state index is 10.3. The van der Waals surface area contributed by atoms with E-state index >= 15 is 0 Å². The highest BCUT2D eigenvalue weighted by molar-refractivity contribution is 6.01. The number of aromatic nitrogens is 1. The Morgan fingerprint density at radius 2 is 2.29 bits per heavy atom. The number of hydrogen-bond acceptors (Lipinski definition) is 5. The first kappa shape index (κ1) is 12.9. The van der Waals surface area contributed by atoms with Gasteiger partial charge in [0.1, 0.15) is 24.7 Å². The van der Waals surface area contributed by atoms with Gasteiger partial charge in [-0.3, -0.25) is 4.98 Å². The lowest BCUT2D eigenvalue weighted by Crippen LogP contribution is -2.17. The Hall–Kier alpha value is -2.19. The zero-order valence-electron chi connectivity index (χ0n) is 8.87. The van der Waals surface area contributed by atoms with Crippen molar-refractivity contribution >= 4 is 11.9 Å². The Labute approximate surface area is 96.8 Å². The molecule has 8 nitrogen and oxygen atoms in total. The lowest BCUT2D eigenvalue weighted by molar-refractivity contribution is 0.102. The molecule has 0 saturated carbocycles. The van der Waals surface area contributed by atoms with Crippen LogP contribution in [0.1, 0.15) is 5.69 Å². The molecule has 0 aliphatic heterocycles. The van der Waals surface area contributed by atoms with Gasteiger partial charge in [0.15, 0.2) is 5.84 Å². The van der Waals surface area contributed by atoms with Gasteiger partial charge in [-0.25, -0.2) is 10.7 Å². The van der Waals surface area contributed by atoms with E-state index in [1.807, 2.05) is 0 Å². The van der Waals surface area contributed by atoms with Gasteiger partial charge in [0, 0.05) is 12.3 Å². The fraction of sp³-hybridized carbons (Fsp3) is 0.222. The van der Waals surface area contributed by atoms with E-state index < -0.39 is 6.09 Å². The summed E-state index contributed by atoms with van der Waals surface area (Å²) in [5, 5.41) is 8.43. The number of amides is 1. The summed E-state index contributed by atoms with van der Waals surface area (Å²) < 4.78 is 5.24. The average Bonchev–Trinajstić information content (AvgIpc) is 2.29. The van der Waals surface area contributed by atoms with E-state index in [2.05, 4.69) is 14.8 Å². The Morgan fingerprint density at radius 1 is 1.53 bits per heavy atom. The van der Waals surface area contributed by atoms with Crippen molar-refractivity contribution < 1.29 is 19.5 Å². The van der Waals surface area contributed by atoms with Crippen LogP contribution in [0.25, 0.3) is 0 Å². The lowest BCUT2D eigenvalue weighted by atomic mass is 10.3. The SMILES string of the molecule is NOCCOc1ccnc(C(N)=NC(=O)O)c1. The van der Waals surface area contributed by atoms with Crippen molar-refractivity contribution in [2.75, 3.05) is 13.2 Å². The van der Waals surface area contributed by atoms with Crippen molar-refractivity contribution in [2.24, 2.45) is 16.6 Å². The summed E-state index contributed by atoms with van der Waals surface area (Å²) in [6.07, 6.45) is 0.0465. The van der Waals surface area contributed by atoms with Gasteiger partial charge in [-0.2, -0.15) is 4.99 Å². The molecule has 17 heavy (non-hydrogen) atoms. The third-order valence-electron chi connectivity index (χ3n) is 1.68. The zero-order valence-corrected chi connectivity index (χ0v) is 8.87. The summed E-state index contributed by atoms with van der Waals surface area (Å²) in [5.74, 6) is 5.10. The minimum atomic E-state index is -1.38. The molecule has 0 spiro atoms. The molecule has 0 unspecified atom stereocenters. The van der Waals surface area contributed by atoms with Crippen LogP contribution in [0.5, 0.6) is 5.75 Å². The number of nitrogens with two attached hydrogens (primary N) is 2. The minimum Gasteiger partial charge on any atom is -0.491 e. The molecule has 0 atom stereocenters. The molecule has 5 N–H and O–H groups in total. The molecule has 92 valence electrons. The average molecular weight is 240 g/mol. The monoisotopic (exact) mass is 240 g/mol. The molecule has 8 heteroatoms. The molecule has 1 rings (SSSR count). The summed E-state index contributed by atoms with van der Waals surface area (Å²) in [6, 6.07) is 3.06. The molecule has 0 aliphatic carbocycles. The van der Waals surface area contributed by atoms with Crippen LogP contribution < -0.4 is 16.4 Å². The van der Waals surface area contributed by atoms with Crippen LogP contribution in [0.4, 0.5) is 4.79 Å². The number of aliphatic imine (C=N–C) groups is 1. The topological polar surface area (TPSA) is 133 Å². The first-order valence-electron chi connectivity index (χ1n) is 4.61. The lowest BCUT2D eigenvalue weighted by Gasteiger charge is -2.06. The third-order valence-corrected chi connectivity index (χ3v) is 1.68. The molecule has 1 aromatic rings. The van der Waals surface area contributed by atoms with Gasteiger partial charge in [0.2, 0.25) is 0 Å². The van der Waals surface area contributed by atoms with Crippen molar-refractivity contribution in [2.45, 2.75) is 0 Å². The van der Waals surface area contributed by atoms with Crippen LogP contribution in [0.3, 0.4) is 0 Å². The van der Waals surface area contributed by atoms with Gasteiger partial charge in [0.05, 0.1) is 0 Å². The van der Waals surface area contributed by atoms with E-state index in [0.717, 1.165) is 0 Å². The maximum absolute atomic E-state index is 10.3. The van der Waals surface area contributed by atoms with Crippen LogP contribution in [0.2, 0.25) is 0 Å². The number of rotatable bonds is 5. The van der Waals surface area contributed by atoms with Crippen molar-refractivity contribution in [1.82, 2.24) is 4.98 Å². The van der Waals surface area contributed by atoms with Crippen LogP contribution in [0, 0.1) is 0 Å². The number of carboxylic acid groups (broad SMARTS) is 1. The molecule has 0 saturated heterocycles. The smallest absolute Gasteiger partial charge is 0.433 e. The normalized spacial score (nSPS) is 11.2. The van der Waals surface area contributed by atoms with Crippen molar-refractivity contribution in [1.29, 1.82) is 0 Å². The van der Waals surface area contributed by atoms with Gasteiger partial charge in [-0.15, -0.1) is 0 Å². The second kappa shape index (κ2) is 6.40. The summed E-state index contributed by atoms with van der Waals surface area (Å²) >= 11 is 0. The Morgan fingerprint density at radius 3 is 2.94 bits per heavy atom. The Kier molecular flexibility index (Phi) is 4.85. The first-order valence-corrected chi connectivity index (χ1v) is 4.61. The molecule has 0 bridgehead atoms. The standard InChI is InChI=1S/C9H12N4O4/c10-8(13-9(14)15)7-5-6(1-2-12-7)16-3-4-17-11/h1-2,5H,3-4,11H2,(H2,10,13)(H,14,15). The zero-order chi connectivity index (χ0) is 12.7. The number of pyridine rings is 1. The molecule has 0 radical (unpaired) electrons. The molecular formula is C9H12N4O4. The van der Waals surface area contributed by atoms with Crippen LogP contribution >= 0.6 is 0 Å². The number of nitrogens with zero attached hydrogens (tertiary/aromatic N) is 2. The summed E-state index contributed by atoms with van der Waals surface area (Å²) in [5.41, 5.74) is 5.65. The molecular weight excluding hydrogens is 228 g/mol. The fourth-order valence-corrected chi connectivity index (χ4v) is 1.01. The molecule has 1 aromatic heterocycles. The van der Waals surface area contributed by atoms with Gasteiger partial charge >= 0.3 is 6.09 Å². The van der Waals surface area contributed by atoms with Gasteiger partial charge in [-0.1, -0.05) is 0 Å². The van der Waals surface area contributed by atoms with Gasteiger partial charge in [-0.05, 0) is 6.07 Å². The molecule has 0 aromatic carbocycles.